The van der Waals surface area contributed by atoms with Crippen molar-refractivity contribution >= 4 is 30.9 Å². The molecule has 0 unspecified atom stereocenters. The Morgan fingerprint density at radius 3 is 2.59 bits per heavy atom. The topological polar surface area (TPSA) is 102 Å². The molecule has 172 valence electrons. The van der Waals surface area contributed by atoms with Gasteiger partial charge in [0, 0.05) is 30.6 Å². The predicted octanol–water partition coefficient (Wildman–Crippen LogP) is 3.44. The molecule has 2 aromatic heterocycles. The third-order valence-corrected chi connectivity index (χ3v) is 4.71. The Balaban J connectivity index is 0.00000363. The van der Waals surface area contributed by atoms with Crippen LogP contribution < -0.4 is 10.1 Å². The highest BCUT2D eigenvalue weighted by atomic mass is 32.1. The molecule has 10 heteroatoms. The summed E-state index contributed by atoms with van der Waals surface area (Å²) in [5, 5.41) is 16.6. The van der Waals surface area contributed by atoms with E-state index in [-0.39, 0.29) is 25.0 Å². The number of nitrogens with one attached hydrogen (secondary N) is 1. The van der Waals surface area contributed by atoms with Crippen molar-refractivity contribution < 1.29 is 19.0 Å². The first kappa shape index (κ1) is 25.3. The lowest BCUT2D eigenvalue weighted by molar-refractivity contribution is 0.0987. The average Bonchev–Trinajstić information content (AvgIpc) is 3.19. The normalized spacial score (nSPS) is 11.5. The molecule has 3 rings (SSSR count). The summed E-state index contributed by atoms with van der Waals surface area (Å²) in [6.45, 7) is 3.85. The molecule has 0 fully saturated rings. The van der Waals surface area contributed by atoms with Crippen LogP contribution in [0.15, 0.2) is 36.9 Å². The lowest BCUT2D eigenvalue weighted by atomic mass is 10.00. The molecule has 0 bridgehead atoms. The minimum atomic E-state index is -0.492. The van der Waals surface area contributed by atoms with Crippen LogP contribution in [0.25, 0.3) is 0 Å². The fourth-order valence-corrected chi connectivity index (χ4v) is 3.11. The monoisotopic (exact) mass is 461 g/mol. The molecule has 0 radical (unpaired) electrons. The Morgan fingerprint density at radius 1 is 1.25 bits per heavy atom. The summed E-state index contributed by atoms with van der Waals surface area (Å²) >= 11 is 0. The number of ketones is 1. The Morgan fingerprint density at radius 2 is 1.97 bits per heavy atom. The van der Waals surface area contributed by atoms with Crippen molar-refractivity contribution in [1.29, 1.82) is 0 Å². The van der Waals surface area contributed by atoms with E-state index in [2.05, 4.69) is 20.4 Å². The molecule has 0 aliphatic heterocycles. The molecule has 0 saturated heterocycles. The van der Waals surface area contributed by atoms with Gasteiger partial charge in [0.1, 0.15) is 0 Å². The van der Waals surface area contributed by atoms with Crippen molar-refractivity contribution in [2.75, 3.05) is 12.4 Å². The number of aliphatic hydroxyl groups excluding tert-OH is 1. The van der Waals surface area contributed by atoms with Gasteiger partial charge in [0.15, 0.2) is 17.3 Å². The zero-order valence-electron chi connectivity index (χ0n) is 18.3. The maximum atomic E-state index is 14.6. The van der Waals surface area contributed by atoms with E-state index in [0.717, 1.165) is 5.56 Å². The highest BCUT2D eigenvalue weighted by Gasteiger charge is 2.15. The molecule has 0 aliphatic carbocycles. The van der Waals surface area contributed by atoms with Gasteiger partial charge >= 0.3 is 0 Å². The zero-order valence-corrected chi connectivity index (χ0v) is 19.3. The number of hydrogen-bond acceptors (Lipinski definition) is 7. The number of methoxy groups -OCH3 is 1. The average molecular weight is 462 g/mol. The molecule has 8 nitrogen and oxygen atoms in total. The van der Waals surface area contributed by atoms with Crippen LogP contribution in [0.2, 0.25) is 0 Å². The summed E-state index contributed by atoms with van der Waals surface area (Å²) in [6, 6.07) is 3.03. The number of aliphatic hydroxyl groups is 1. The number of anilines is 2. The van der Waals surface area contributed by atoms with Gasteiger partial charge in [-0.15, -0.1) is 0 Å². The van der Waals surface area contributed by atoms with E-state index in [0.29, 0.717) is 48.6 Å². The third-order valence-electron chi connectivity index (χ3n) is 4.71. The van der Waals surface area contributed by atoms with Gasteiger partial charge in [0.05, 0.1) is 31.6 Å². The molecule has 3 aromatic rings. The number of halogens is 1. The number of aromatic nitrogens is 4. The first-order valence-corrected chi connectivity index (χ1v) is 10.1. The summed E-state index contributed by atoms with van der Waals surface area (Å²) in [7, 11) is 1.38. The van der Waals surface area contributed by atoms with E-state index in [1.54, 1.807) is 49.4 Å². The second-order valence-corrected chi connectivity index (χ2v) is 7.27. The highest BCUT2D eigenvalue weighted by molar-refractivity contribution is 7.59. The first-order valence-electron chi connectivity index (χ1n) is 10.1. The summed E-state index contributed by atoms with van der Waals surface area (Å²) in [6.07, 6.45) is 7.47. The van der Waals surface area contributed by atoms with Crippen LogP contribution in [0, 0.1) is 5.82 Å². The van der Waals surface area contributed by atoms with Gasteiger partial charge in [0.2, 0.25) is 5.95 Å². The predicted molar refractivity (Wildman–Crippen MR) is 125 cm³/mol. The third kappa shape index (κ3) is 6.51. The van der Waals surface area contributed by atoms with Crippen LogP contribution in [0.5, 0.6) is 5.75 Å². The van der Waals surface area contributed by atoms with E-state index in [4.69, 9.17) is 4.74 Å². The molecular weight excluding hydrogens is 433 g/mol. The standard InChI is InChI=1S/C22H26FN5O3.H2S/c1-4-19(30)17-7-16(21(23)20(8-17)31-3)6-5-15-9-24-22(25-10-15)27-18-11-26-28(13-18)12-14(2)29;/h7-11,13-14,29H,4-6,12H2,1-3H3,(H,24,25,27);1H2/t14-;/m0./s1. The molecule has 0 amide bonds. The van der Waals surface area contributed by atoms with Crippen LogP contribution >= 0.6 is 13.5 Å². The maximum Gasteiger partial charge on any atom is 0.227 e. The van der Waals surface area contributed by atoms with Crippen molar-refractivity contribution in [2.45, 2.75) is 45.8 Å². The van der Waals surface area contributed by atoms with E-state index in [1.807, 2.05) is 0 Å². The Kier molecular flexibility index (Phi) is 9.15. The molecule has 32 heavy (non-hydrogen) atoms. The van der Waals surface area contributed by atoms with Gasteiger partial charge < -0.3 is 15.2 Å². The van der Waals surface area contributed by atoms with Crippen LogP contribution in [-0.4, -0.2) is 43.9 Å². The Labute approximate surface area is 193 Å². The summed E-state index contributed by atoms with van der Waals surface area (Å²) in [5.41, 5.74) is 2.41. The largest absolute Gasteiger partial charge is 0.494 e. The van der Waals surface area contributed by atoms with Crippen molar-refractivity contribution in [3.8, 4) is 5.75 Å². The van der Waals surface area contributed by atoms with Gasteiger partial charge in [-0.2, -0.15) is 18.6 Å². The molecule has 1 aromatic carbocycles. The van der Waals surface area contributed by atoms with Gasteiger partial charge in [-0.1, -0.05) is 6.92 Å². The van der Waals surface area contributed by atoms with Crippen molar-refractivity contribution in [2.24, 2.45) is 0 Å². The number of hydrogen-bond donors (Lipinski definition) is 2. The van der Waals surface area contributed by atoms with Crippen molar-refractivity contribution in [3.63, 3.8) is 0 Å². The van der Waals surface area contributed by atoms with Crippen LogP contribution in [0.3, 0.4) is 0 Å². The van der Waals surface area contributed by atoms with Crippen LogP contribution in [-0.2, 0) is 19.4 Å². The number of rotatable bonds is 10. The second-order valence-electron chi connectivity index (χ2n) is 7.27. The number of benzene rings is 1. The molecule has 0 saturated carbocycles. The Bertz CT molecular complexity index is 1040. The van der Waals surface area contributed by atoms with Gasteiger partial charge in [-0.3, -0.25) is 9.48 Å². The quantitative estimate of drug-likeness (QED) is 0.446. The van der Waals surface area contributed by atoms with E-state index >= 15 is 0 Å². The van der Waals surface area contributed by atoms with E-state index < -0.39 is 11.9 Å². The number of Topliss-reactive ketones (excluding diaryl/α,β-unsaturated/α-hetero) is 1. The maximum absolute atomic E-state index is 14.6. The van der Waals surface area contributed by atoms with Crippen molar-refractivity contribution in [3.05, 3.63) is 59.4 Å². The minimum Gasteiger partial charge on any atom is -0.494 e. The first-order chi connectivity index (χ1) is 14.9. The Hall–Kier alpha value is -2.98. The molecule has 0 aliphatic rings. The van der Waals surface area contributed by atoms with Gasteiger partial charge in [-0.05, 0) is 43.0 Å². The van der Waals surface area contributed by atoms with Gasteiger partial charge in [-0.25, -0.2) is 14.4 Å². The van der Waals surface area contributed by atoms with E-state index in [1.165, 1.54) is 13.2 Å². The second kappa shape index (κ2) is 11.6. The molecule has 2 N–H and O–H groups in total. The summed E-state index contributed by atoms with van der Waals surface area (Å²) in [5.74, 6) is -0.0383. The highest BCUT2D eigenvalue weighted by Crippen LogP contribution is 2.25. The smallest absolute Gasteiger partial charge is 0.227 e. The number of ether oxygens (including phenoxy) is 1. The molecule has 1 atom stereocenters. The minimum absolute atomic E-state index is 0. The molecular formula is C22H28FN5O3S. The fraction of sp³-hybridized carbons (Fsp3) is 0.364. The van der Waals surface area contributed by atoms with Crippen molar-refractivity contribution in [1.82, 2.24) is 19.7 Å². The molecule has 0 spiro atoms. The van der Waals surface area contributed by atoms with Crippen LogP contribution in [0.1, 0.15) is 41.8 Å². The van der Waals surface area contributed by atoms with E-state index in [9.17, 15) is 14.3 Å². The summed E-state index contributed by atoms with van der Waals surface area (Å²) in [4.78, 5) is 20.6. The lowest BCUT2D eigenvalue weighted by Gasteiger charge is -2.11. The SMILES string of the molecule is CCC(=O)c1cc(CCc2cnc(Nc3cnn(C[C@H](C)O)c3)nc2)c(F)c(OC)c1.S. The molecule has 2 heterocycles. The van der Waals surface area contributed by atoms with Crippen LogP contribution in [0.4, 0.5) is 16.0 Å². The van der Waals surface area contributed by atoms with Gasteiger partial charge in [0.25, 0.3) is 0 Å². The number of nitrogens with zero attached hydrogens (tertiary/aromatic N) is 4. The zero-order chi connectivity index (χ0) is 22.4. The fourth-order valence-electron chi connectivity index (χ4n) is 3.11. The lowest BCUT2D eigenvalue weighted by Crippen LogP contribution is -2.11. The number of aryl methyl sites for hydroxylation is 2. The number of carbonyl (C=O) groups excluding carboxylic acids is 1. The summed E-state index contributed by atoms with van der Waals surface area (Å²) < 4.78 is 21.3. The number of carbonyl (C=O) groups is 1.